The lowest BCUT2D eigenvalue weighted by Gasteiger charge is -2.16. The van der Waals surface area contributed by atoms with Crippen LogP contribution in [0.25, 0.3) is 0 Å². The lowest BCUT2D eigenvalue weighted by Crippen LogP contribution is -2.33. The number of nitrogens with one attached hydrogen (secondary N) is 1. The first kappa shape index (κ1) is 12.9. The van der Waals surface area contributed by atoms with E-state index in [2.05, 4.69) is 21.2 Å². The Bertz CT molecular complexity index is 367. The molecule has 0 aliphatic heterocycles. The van der Waals surface area contributed by atoms with E-state index in [1.54, 1.807) is 13.1 Å². The van der Waals surface area contributed by atoms with Gasteiger partial charge in [0.2, 0.25) is 0 Å². The number of aliphatic hydroxyl groups is 1. The van der Waals surface area contributed by atoms with Gasteiger partial charge in [0, 0.05) is 23.8 Å². The molecule has 2 amide bonds. The van der Waals surface area contributed by atoms with E-state index in [4.69, 9.17) is 5.11 Å². The van der Waals surface area contributed by atoms with Crippen LogP contribution in [0.15, 0.2) is 22.7 Å². The molecule has 0 heterocycles. The van der Waals surface area contributed by atoms with Gasteiger partial charge in [0.25, 0.3) is 0 Å². The summed E-state index contributed by atoms with van der Waals surface area (Å²) in [6.07, 6.45) is 0. The molecule has 4 nitrogen and oxygen atoms in total. The van der Waals surface area contributed by atoms with Crippen molar-refractivity contribution in [2.45, 2.75) is 0 Å². The summed E-state index contributed by atoms with van der Waals surface area (Å²) in [6, 6.07) is 3.71. The third-order valence-electron chi connectivity index (χ3n) is 1.90. The number of benzene rings is 1. The molecular formula is C10H12BrFN2O2. The van der Waals surface area contributed by atoms with Crippen molar-refractivity contribution < 1.29 is 14.3 Å². The number of amides is 2. The van der Waals surface area contributed by atoms with E-state index in [0.29, 0.717) is 10.2 Å². The second kappa shape index (κ2) is 5.81. The highest BCUT2D eigenvalue weighted by Crippen LogP contribution is 2.18. The van der Waals surface area contributed by atoms with Gasteiger partial charge in [-0.05, 0) is 18.2 Å². The third-order valence-corrected chi connectivity index (χ3v) is 2.35. The van der Waals surface area contributed by atoms with E-state index < -0.39 is 11.8 Å². The highest BCUT2D eigenvalue weighted by atomic mass is 79.9. The minimum atomic E-state index is -0.436. The van der Waals surface area contributed by atoms with E-state index in [9.17, 15) is 9.18 Å². The second-order valence-corrected chi connectivity index (χ2v) is 4.15. The van der Waals surface area contributed by atoms with Crippen LogP contribution in [0.2, 0.25) is 0 Å². The van der Waals surface area contributed by atoms with E-state index in [0.717, 1.165) is 0 Å². The summed E-state index contributed by atoms with van der Waals surface area (Å²) in [4.78, 5) is 12.8. The molecule has 0 aromatic heterocycles. The Morgan fingerprint density at radius 1 is 1.56 bits per heavy atom. The third kappa shape index (κ3) is 3.79. The molecule has 0 spiro atoms. The van der Waals surface area contributed by atoms with E-state index in [1.165, 1.54) is 17.0 Å². The maximum absolute atomic E-state index is 13.0. The molecule has 0 fully saturated rings. The molecule has 88 valence electrons. The van der Waals surface area contributed by atoms with Crippen LogP contribution in [-0.4, -0.2) is 36.2 Å². The minimum absolute atomic E-state index is 0.114. The summed E-state index contributed by atoms with van der Waals surface area (Å²) in [5, 5.41) is 11.2. The summed E-state index contributed by atoms with van der Waals surface area (Å²) in [5.41, 5.74) is 0.363. The van der Waals surface area contributed by atoms with Gasteiger partial charge in [-0.15, -0.1) is 0 Å². The number of carbonyl (C=O) groups is 1. The molecule has 1 aromatic carbocycles. The summed E-state index contributed by atoms with van der Waals surface area (Å²) < 4.78 is 13.5. The summed E-state index contributed by atoms with van der Waals surface area (Å²) in [5.74, 6) is -0.436. The lowest BCUT2D eigenvalue weighted by atomic mass is 10.3. The van der Waals surface area contributed by atoms with Crippen LogP contribution < -0.4 is 5.32 Å². The first-order chi connectivity index (χ1) is 7.52. The number of halogens is 2. The molecule has 2 N–H and O–H groups in total. The second-order valence-electron chi connectivity index (χ2n) is 3.23. The minimum Gasteiger partial charge on any atom is -0.395 e. The molecule has 0 unspecified atom stereocenters. The number of rotatable bonds is 3. The standard InChI is InChI=1S/C10H12BrFN2O2/c1-14(2-3-15)10(16)13-9-5-7(11)4-8(12)6-9/h4-6,15H,2-3H2,1H3,(H,13,16). The van der Waals surface area contributed by atoms with Gasteiger partial charge in [-0.2, -0.15) is 0 Å². The topological polar surface area (TPSA) is 52.6 Å². The number of urea groups is 1. The fourth-order valence-corrected chi connectivity index (χ4v) is 1.56. The molecule has 0 atom stereocenters. The predicted molar refractivity (Wildman–Crippen MR) is 62.8 cm³/mol. The van der Waals surface area contributed by atoms with Gasteiger partial charge in [-0.25, -0.2) is 9.18 Å². The number of aliphatic hydroxyl groups excluding tert-OH is 1. The zero-order valence-electron chi connectivity index (χ0n) is 8.70. The molecule has 1 rings (SSSR count). The Morgan fingerprint density at radius 2 is 2.25 bits per heavy atom. The first-order valence-corrected chi connectivity index (χ1v) is 5.41. The van der Waals surface area contributed by atoms with Crippen molar-refractivity contribution in [1.29, 1.82) is 0 Å². The van der Waals surface area contributed by atoms with Crippen LogP contribution in [0.5, 0.6) is 0 Å². The van der Waals surface area contributed by atoms with Crippen LogP contribution in [0, 0.1) is 5.82 Å². The highest BCUT2D eigenvalue weighted by molar-refractivity contribution is 9.10. The van der Waals surface area contributed by atoms with Crippen molar-refractivity contribution in [3.05, 3.63) is 28.5 Å². The monoisotopic (exact) mass is 290 g/mol. The summed E-state index contributed by atoms with van der Waals surface area (Å²) in [6.45, 7) is 0.110. The normalized spacial score (nSPS) is 10.0. The smallest absolute Gasteiger partial charge is 0.321 e. The zero-order chi connectivity index (χ0) is 12.1. The Morgan fingerprint density at radius 3 is 2.81 bits per heavy atom. The van der Waals surface area contributed by atoms with Crippen LogP contribution in [0.3, 0.4) is 0 Å². The maximum atomic E-state index is 13.0. The fourth-order valence-electron chi connectivity index (χ4n) is 1.10. The van der Waals surface area contributed by atoms with Gasteiger partial charge in [0.05, 0.1) is 6.61 Å². The lowest BCUT2D eigenvalue weighted by molar-refractivity contribution is 0.202. The number of hydrogen-bond donors (Lipinski definition) is 2. The predicted octanol–water partition coefficient (Wildman–Crippen LogP) is 2.04. The molecule has 0 saturated heterocycles. The van der Waals surface area contributed by atoms with E-state index in [-0.39, 0.29) is 13.2 Å². The quantitative estimate of drug-likeness (QED) is 0.895. The Labute approximate surface area is 101 Å². The van der Waals surface area contributed by atoms with Crippen molar-refractivity contribution in [2.24, 2.45) is 0 Å². The van der Waals surface area contributed by atoms with Crippen molar-refractivity contribution in [3.63, 3.8) is 0 Å². The van der Waals surface area contributed by atoms with Crippen LogP contribution in [-0.2, 0) is 0 Å². The molecule has 16 heavy (non-hydrogen) atoms. The summed E-state index contributed by atoms with van der Waals surface area (Å²) >= 11 is 3.13. The Kier molecular flexibility index (Phi) is 4.70. The Balaban J connectivity index is 2.69. The van der Waals surface area contributed by atoms with Crippen molar-refractivity contribution in [2.75, 3.05) is 25.5 Å². The molecule has 0 aliphatic rings. The largest absolute Gasteiger partial charge is 0.395 e. The van der Waals surface area contributed by atoms with Gasteiger partial charge < -0.3 is 15.3 Å². The highest BCUT2D eigenvalue weighted by Gasteiger charge is 2.08. The number of nitrogens with zero attached hydrogens (tertiary/aromatic N) is 1. The van der Waals surface area contributed by atoms with Gasteiger partial charge in [-0.1, -0.05) is 15.9 Å². The van der Waals surface area contributed by atoms with Gasteiger partial charge in [0.15, 0.2) is 0 Å². The first-order valence-electron chi connectivity index (χ1n) is 4.62. The molecular weight excluding hydrogens is 279 g/mol. The number of anilines is 1. The average molecular weight is 291 g/mol. The molecule has 6 heteroatoms. The number of likely N-dealkylation sites (N-methyl/N-ethyl adjacent to an activating group) is 1. The molecule has 0 saturated carbocycles. The zero-order valence-corrected chi connectivity index (χ0v) is 10.3. The molecule has 0 aliphatic carbocycles. The van der Waals surface area contributed by atoms with Crippen LogP contribution in [0.1, 0.15) is 0 Å². The maximum Gasteiger partial charge on any atom is 0.321 e. The van der Waals surface area contributed by atoms with Crippen molar-refractivity contribution in [3.8, 4) is 0 Å². The van der Waals surface area contributed by atoms with Crippen LogP contribution in [0.4, 0.5) is 14.9 Å². The molecule has 1 aromatic rings. The van der Waals surface area contributed by atoms with E-state index in [1.807, 2.05) is 0 Å². The van der Waals surface area contributed by atoms with Gasteiger partial charge in [-0.3, -0.25) is 0 Å². The fraction of sp³-hybridized carbons (Fsp3) is 0.300. The van der Waals surface area contributed by atoms with Gasteiger partial charge >= 0.3 is 6.03 Å². The average Bonchev–Trinajstić information content (AvgIpc) is 2.16. The number of carbonyl (C=O) groups excluding carboxylic acids is 1. The molecule has 0 bridgehead atoms. The van der Waals surface area contributed by atoms with Crippen molar-refractivity contribution >= 4 is 27.6 Å². The number of hydrogen-bond acceptors (Lipinski definition) is 2. The SMILES string of the molecule is CN(CCO)C(=O)Nc1cc(F)cc(Br)c1. The molecule has 0 radical (unpaired) electrons. The summed E-state index contributed by atoms with van der Waals surface area (Å²) in [7, 11) is 1.54. The van der Waals surface area contributed by atoms with E-state index >= 15 is 0 Å². The van der Waals surface area contributed by atoms with Crippen LogP contribution >= 0.6 is 15.9 Å². The van der Waals surface area contributed by atoms with Crippen molar-refractivity contribution in [1.82, 2.24) is 4.90 Å². The van der Waals surface area contributed by atoms with Gasteiger partial charge in [0.1, 0.15) is 5.82 Å². The Hall–Kier alpha value is -1.14.